The van der Waals surface area contributed by atoms with Gasteiger partial charge < -0.3 is 19.6 Å². The van der Waals surface area contributed by atoms with Crippen molar-refractivity contribution < 1.29 is 14.4 Å². The molecule has 8 nitrogen and oxygen atoms in total. The standard InChI is InChI=1S/C33H39Cl2N5O3S/c1-19(2)28-30(32(43)39-17-7-8-26(39)31(42)37(5)18-20(3)38(6)21(4)41)44-33-36-27(22-9-13-24(34)14-10-22)29(40(28)33)23-11-15-25(35)16-12-23/h9-16,19-20,26-27,29H,7-8,17-18H2,1-6H3/t20?,26?,27-,29+/m0/s1. The van der Waals surface area contributed by atoms with Gasteiger partial charge in [0.1, 0.15) is 17.0 Å². The summed E-state index contributed by atoms with van der Waals surface area (Å²) in [5.74, 6) is -0.266. The molecular formula is C33H39Cl2N5O3S. The van der Waals surface area contributed by atoms with Crippen LogP contribution in [0.15, 0.2) is 64.1 Å². The number of hydrogen-bond acceptors (Lipinski definition) is 6. The van der Waals surface area contributed by atoms with Gasteiger partial charge in [-0.15, -0.1) is 0 Å². The molecule has 3 aliphatic rings. The van der Waals surface area contributed by atoms with Crippen LogP contribution in [0.1, 0.15) is 63.7 Å². The highest BCUT2D eigenvalue weighted by Gasteiger charge is 2.49. The van der Waals surface area contributed by atoms with Crippen molar-refractivity contribution in [3.63, 3.8) is 0 Å². The van der Waals surface area contributed by atoms with Gasteiger partial charge >= 0.3 is 0 Å². The zero-order chi connectivity index (χ0) is 31.9. The second kappa shape index (κ2) is 13.2. The van der Waals surface area contributed by atoms with Gasteiger partial charge in [0.05, 0.1) is 6.04 Å². The molecule has 0 aromatic heterocycles. The largest absolute Gasteiger partial charge is 0.342 e. The van der Waals surface area contributed by atoms with Gasteiger partial charge in [0, 0.05) is 55.9 Å². The van der Waals surface area contributed by atoms with E-state index in [2.05, 4.69) is 18.7 Å². The summed E-state index contributed by atoms with van der Waals surface area (Å²) in [6.07, 6.45) is 1.36. The number of carbonyl (C=O) groups excluding carboxylic acids is 3. The number of amides is 3. The Balaban J connectivity index is 1.46. The minimum atomic E-state index is -0.546. The molecule has 0 aliphatic carbocycles. The van der Waals surface area contributed by atoms with Gasteiger partial charge in [-0.2, -0.15) is 0 Å². The van der Waals surface area contributed by atoms with Crippen molar-refractivity contribution in [3.05, 3.63) is 80.3 Å². The average Bonchev–Trinajstić information content (AvgIpc) is 3.71. The van der Waals surface area contributed by atoms with Crippen molar-refractivity contribution in [2.24, 2.45) is 10.9 Å². The van der Waals surface area contributed by atoms with Crippen molar-refractivity contribution in [1.29, 1.82) is 0 Å². The third kappa shape index (κ3) is 6.24. The first-order valence-electron chi connectivity index (χ1n) is 15.0. The van der Waals surface area contributed by atoms with Gasteiger partial charge in [-0.25, -0.2) is 0 Å². The lowest BCUT2D eigenvalue weighted by Gasteiger charge is -2.33. The number of benzene rings is 2. The molecule has 1 fully saturated rings. The number of halogens is 2. The van der Waals surface area contributed by atoms with Crippen molar-refractivity contribution in [1.82, 2.24) is 19.6 Å². The van der Waals surface area contributed by atoms with Gasteiger partial charge in [0.15, 0.2) is 5.17 Å². The van der Waals surface area contributed by atoms with Crippen LogP contribution in [0.5, 0.6) is 0 Å². The Morgan fingerprint density at radius 2 is 1.57 bits per heavy atom. The summed E-state index contributed by atoms with van der Waals surface area (Å²) in [7, 11) is 3.48. The smallest absolute Gasteiger partial charge is 0.263 e. The van der Waals surface area contributed by atoms with Crippen LogP contribution in [0.2, 0.25) is 10.0 Å². The van der Waals surface area contributed by atoms with Gasteiger partial charge in [-0.05, 0) is 72.8 Å². The normalized spacial score (nSPS) is 21.9. The lowest BCUT2D eigenvalue weighted by molar-refractivity contribution is -0.142. The lowest BCUT2D eigenvalue weighted by Crippen LogP contribution is -2.50. The summed E-state index contributed by atoms with van der Waals surface area (Å²) in [6, 6.07) is 14.5. The van der Waals surface area contributed by atoms with E-state index in [4.69, 9.17) is 28.2 Å². The third-order valence-corrected chi connectivity index (χ3v) is 10.3. The van der Waals surface area contributed by atoms with Crippen LogP contribution in [0.3, 0.4) is 0 Å². The minimum absolute atomic E-state index is 0.0234. The molecule has 2 unspecified atom stereocenters. The van der Waals surface area contributed by atoms with Crippen LogP contribution in [-0.2, 0) is 14.4 Å². The van der Waals surface area contributed by atoms with E-state index in [-0.39, 0.29) is 41.8 Å². The average molecular weight is 657 g/mol. The number of hydrogen-bond donors (Lipinski definition) is 0. The fourth-order valence-electron chi connectivity index (χ4n) is 6.27. The zero-order valence-electron chi connectivity index (χ0n) is 26.0. The molecule has 0 saturated carbocycles. The molecule has 0 spiro atoms. The predicted octanol–water partition coefficient (Wildman–Crippen LogP) is 6.38. The second-order valence-electron chi connectivity index (χ2n) is 12.1. The highest BCUT2D eigenvalue weighted by molar-refractivity contribution is 8.18. The van der Waals surface area contributed by atoms with Gasteiger partial charge in [-0.3, -0.25) is 19.4 Å². The molecule has 0 N–H and O–H groups in total. The van der Waals surface area contributed by atoms with Crippen molar-refractivity contribution in [2.75, 3.05) is 27.2 Å². The SMILES string of the molecule is CC(=O)N(C)C(C)CN(C)C(=O)C1CCCN1C(=O)C1=C(C(C)C)N2C(=N[C@@H](c3ccc(Cl)cc3)[C@H]2c2ccc(Cl)cc2)S1. The molecule has 5 rings (SSSR count). The Morgan fingerprint density at radius 3 is 2.14 bits per heavy atom. The summed E-state index contributed by atoms with van der Waals surface area (Å²) in [5.41, 5.74) is 2.99. The van der Waals surface area contributed by atoms with Gasteiger partial charge in [-0.1, -0.05) is 61.3 Å². The summed E-state index contributed by atoms with van der Waals surface area (Å²) in [6.45, 7) is 8.52. The number of aliphatic imine (C=N–C) groups is 1. The number of thioether (sulfide) groups is 1. The number of likely N-dealkylation sites (N-methyl/N-ethyl adjacent to an activating group) is 2. The Labute approximate surface area is 274 Å². The molecule has 234 valence electrons. The van der Waals surface area contributed by atoms with E-state index in [1.165, 1.54) is 18.7 Å². The molecule has 2 aromatic carbocycles. The number of carbonyl (C=O) groups is 3. The fraction of sp³-hybridized carbons (Fsp3) is 0.455. The second-order valence-corrected chi connectivity index (χ2v) is 14.0. The minimum Gasteiger partial charge on any atom is -0.342 e. The number of allylic oxidation sites excluding steroid dienone is 1. The topological polar surface area (TPSA) is 76.5 Å². The molecule has 3 amide bonds. The van der Waals surface area contributed by atoms with Crippen molar-refractivity contribution >= 4 is 57.9 Å². The van der Waals surface area contributed by atoms with Crippen LogP contribution in [0.25, 0.3) is 0 Å². The Kier molecular flexibility index (Phi) is 9.68. The Hall–Kier alpha value is -3.01. The molecule has 44 heavy (non-hydrogen) atoms. The summed E-state index contributed by atoms with van der Waals surface area (Å²) in [5, 5.41) is 2.09. The monoisotopic (exact) mass is 655 g/mol. The van der Waals surface area contributed by atoms with E-state index in [9.17, 15) is 14.4 Å². The first kappa shape index (κ1) is 32.4. The molecule has 11 heteroatoms. The highest BCUT2D eigenvalue weighted by atomic mass is 35.5. The maximum atomic E-state index is 14.3. The molecule has 4 atom stereocenters. The Bertz CT molecular complexity index is 1490. The maximum absolute atomic E-state index is 14.3. The summed E-state index contributed by atoms with van der Waals surface area (Å²) >= 11 is 13.9. The summed E-state index contributed by atoms with van der Waals surface area (Å²) < 4.78 is 0. The van der Waals surface area contributed by atoms with Crippen LogP contribution in [0, 0.1) is 5.92 Å². The molecule has 3 heterocycles. The number of amidine groups is 1. The maximum Gasteiger partial charge on any atom is 0.263 e. The van der Waals surface area contributed by atoms with E-state index >= 15 is 0 Å². The predicted molar refractivity (Wildman–Crippen MR) is 177 cm³/mol. The molecule has 1 saturated heterocycles. The van der Waals surface area contributed by atoms with Crippen LogP contribution in [-0.4, -0.2) is 81.8 Å². The molecule has 0 bridgehead atoms. The number of rotatable bonds is 8. The molecule has 0 radical (unpaired) electrons. The van der Waals surface area contributed by atoms with Crippen molar-refractivity contribution in [2.45, 2.75) is 64.7 Å². The van der Waals surface area contributed by atoms with Crippen LogP contribution in [0.4, 0.5) is 0 Å². The molecular weight excluding hydrogens is 617 g/mol. The Morgan fingerprint density at radius 1 is 0.977 bits per heavy atom. The third-order valence-electron chi connectivity index (χ3n) is 8.75. The lowest BCUT2D eigenvalue weighted by atomic mass is 9.92. The van der Waals surface area contributed by atoms with Crippen LogP contribution >= 0.6 is 35.0 Å². The van der Waals surface area contributed by atoms with Gasteiger partial charge in [0.2, 0.25) is 11.8 Å². The van der Waals surface area contributed by atoms with Gasteiger partial charge in [0.25, 0.3) is 5.91 Å². The fourth-order valence-corrected chi connectivity index (χ4v) is 7.82. The number of fused-ring (bicyclic) bond motifs is 1. The first-order chi connectivity index (χ1) is 20.9. The van der Waals surface area contributed by atoms with E-state index < -0.39 is 6.04 Å². The highest BCUT2D eigenvalue weighted by Crippen LogP contribution is 2.53. The van der Waals surface area contributed by atoms with E-state index in [0.29, 0.717) is 34.5 Å². The van der Waals surface area contributed by atoms with Crippen molar-refractivity contribution in [3.8, 4) is 0 Å². The molecule has 3 aliphatic heterocycles. The van der Waals surface area contributed by atoms with E-state index in [1.54, 1.807) is 28.8 Å². The quantitative estimate of drug-likeness (QED) is 0.330. The number of likely N-dealkylation sites (tertiary alicyclic amines) is 1. The van der Waals surface area contributed by atoms with Crippen LogP contribution < -0.4 is 0 Å². The van der Waals surface area contributed by atoms with E-state index in [1.807, 2.05) is 55.5 Å². The van der Waals surface area contributed by atoms with E-state index in [0.717, 1.165) is 28.4 Å². The first-order valence-corrected chi connectivity index (χ1v) is 16.6. The zero-order valence-corrected chi connectivity index (χ0v) is 28.3. The number of nitrogens with zero attached hydrogens (tertiary/aromatic N) is 5. The summed E-state index contributed by atoms with van der Waals surface area (Å²) in [4.78, 5) is 52.8. The molecule has 2 aromatic rings.